The molecule has 0 aromatic heterocycles. The molecule has 6 heteroatoms. The Morgan fingerprint density at radius 2 is 1.66 bits per heavy atom. The van der Waals surface area contributed by atoms with Crippen molar-refractivity contribution < 1.29 is 13.2 Å². The van der Waals surface area contributed by atoms with E-state index in [9.17, 15) is 13.2 Å². The maximum absolute atomic E-state index is 12.8. The van der Waals surface area contributed by atoms with Gasteiger partial charge in [0.2, 0.25) is 15.9 Å². The maximum atomic E-state index is 12.8. The number of aryl methyl sites for hydroxylation is 1. The molecule has 152 valence electrons. The summed E-state index contributed by atoms with van der Waals surface area (Å²) in [6, 6.07) is 20.3. The van der Waals surface area contributed by atoms with E-state index in [0.717, 1.165) is 34.6 Å². The molecule has 0 fully saturated rings. The number of benzene rings is 3. The topological polar surface area (TPSA) is 66.5 Å². The van der Waals surface area contributed by atoms with Crippen molar-refractivity contribution in [3.8, 4) is 0 Å². The first-order valence-electron chi connectivity index (χ1n) is 9.64. The molecule has 29 heavy (non-hydrogen) atoms. The maximum Gasteiger partial charge on any atom is 0.243 e. The number of nitrogens with zero attached hydrogens (tertiary/aromatic N) is 1. The molecule has 0 bridgehead atoms. The van der Waals surface area contributed by atoms with Gasteiger partial charge in [0.25, 0.3) is 0 Å². The number of fused-ring (bicyclic) bond motifs is 1. The van der Waals surface area contributed by atoms with E-state index in [1.807, 2.05) is 61.5 Å². The molecule has 1 unspecified atom stereocenters. The van der Waals surface area contributed by atoms with Crippen LogP contribution >= 0.6 is 0 Å². The van der Waals surface area contributed by atoms with Crippen LogP contribution in [0.3, 0.4) is 0 Å². The van der Waals surface area contributed by atoms with E-state index in [1.165, 1.54) is 4.31 Å². The highest BCUT2D eigenvalue weighted by Crippen LogP contribution is 2.22. The van der Waals surface area contributed by atoms with Crippen LogP contribution in [0, 0.1) is 0 Å². The van der Waals surface area contributed by atoms with Gasteiger partial charge in [-0.3, -0.25) is 9.10 Å². The van der Waals surface area contributed by atoms with E-state index in [4.69, 9.17) is 0 Å². The number of hydrogen-bond acceptors (Lipinski definition) is 3. The molecular formula is C23H26N2O3S. The minimum atomic E-state index is -3.63. The van der Waals surface area contributed by atoms with Crippen LogP contribution < -0.4 is 9.62 Å². The number of amides is 1. The number of carbonyl (C=O) groups excluding carboxylic acids is 1. The highest BCUT2D eigenvalue weighted by Gasteiger charge is 2.29. The van der Waals surface area contributed by atoms with Gasteiger partial charge in [0.15, 0.2) is 0 Å². The third-order valence-corrected chi connectivity index (χ3v) is 6.26. The van der Waals surface area contributed by atoms with Gasteiger partial charge in [-0.2, -0.15) is 0 Å². The Hall–Kier alpha value is -2.86. The van der Waals surface area contributed by atoms with Crippen molar-refractivity contribution in [2.24, 2.45) is 0 Å². The van der Waals surface area contributed by atoms with Crippen LogP contribution in [0.2, 0.25) is 0 Å². The summed E-state index contributed by atoms with van der Waals surface area (Å²) in [5, 5.41) is 5.06. The number of rotatable bonds is 7. The quantitative estimate of drug-likeness (QED) is 0.643. The zero-order chi connectivity index (χ0) is 21.0. The zero-order valence-corrected chi connectivity index (χ0v) is 17.7. The number of sulfonamides is 1. The van der Waals surface area contributed by atoms with Gasteiger partial charge in [0.05, 0.1) is 11.9 Å². The lowest BCUT2D eigenvalue weighted by atomic mass is 10.0. The molecule has 0 saturated heterocycles. The summed E-state index contributed by atoms with van der Waals surface area (Å²) in [4.78, 5) is 12.8. The second-order valence-electron chi connectivity index (χ2n) is 7.11. The largest absolute Gasteiger partial charge is 0.350 e. The molecule has 3 rings (SSSR count). The molecule has 0 heterocycles. The van der Waals surface area contributed by atoms with Crippen LogP contribution in [-0.2, 0) is 27.8 Å². The molecule has 1 N–H and O–H groups in total. The Morgan fingerprint density at radius 3 is 2.31 bits per heavy atom. The van der Waals surface area contributed by atoms with Gasteiger partial charge in [-0.05, 0) is 47.4 Å². The summed E-state index contributed by atoms with van der Waals surface area (Å²) in [5.74, 6) is -0.345. The smallest absolute Gasteiger partial charge is 0.243 e. The van der Waals surface area contributed by atoms with Crippen LogP contribution in [-0.4, -0.2) is 26.6 Å². The lowest BCUT2D eigenvalue weighted by molar-refractivity contribution is -0.122. The molecular weight excluding hydrogens is 384 g/mol. The number of anilines is 1. The second kappa shape index (κ2) is 8.66. The van der Waals surface area contributed by atoms with Gasteiger partial charge in [-0.15, -0.1) is 0 Å². The molecule has 0 aliphatic carbocycles. The standard InChI is InChI=1S/C23H26N2O3S/c1-4-18-12-14-21(15-13-18)25(29(3,27)28)17(2)23(26)24-16-20-10-7-9-19-8-5-6-11-22(19)20/h5-15,17H,4,16H2,1-3H3,(H,24,26). The van der Waals surface area contributed by atoms with Crippen LogP contribution in [0.25, 0.3) is 10.8 Å². The summed E-state index contributed by atoms with van der Waals surface area (Å²) in [7, 11) is -3.63. The molecule has 3 aromatic rings. The second-order valence-corrected chi connectivity index (χ2v) is 8.97. The Balaban J connectivity index is 1.80. The van der Waals surface area contributed by atoms with Crippen LogP contribution in [0.15, 0.2) is 66.7 Å². The Morgan fingerprint density at radius 1 is 1.00 bits per heavy atom. The number of hydrogen-bond donors (Lipinski definition) is 1. The van der Waals surface area contributed by atoms with Crippen LogP contribution in [0.5, 0.6) is 0 Å². The van der Waals surface area contributed by atoms with Crippen molar-refractivity contribution in [2.75, 3.05) is 10.6 Å². The molecule has 0 saturated carbocycles. The van der Waals surface area contributed by atoms with Crippen molar-refractivity contribution in [2.45, 2.75) is 32.9 Å². The molecule has 0 aliphatic heterocycles. The van der Waals surface area contributed by atoms with E-state index in [0.29, 0.717) is 12.2 Å². The van der Waals surface area contributed by atoms with Crippen molar-refractivity contribution in [1.82, 2.24) is 5.32 Å². The van der Waals surface area contributed by atoms with E-state index < -0.39 is 16.1 Å². The molecule has 0 radical (unpaired) electrons. The fraction of sp³-hybridized carbons (Fsp3) is 0.261. The highest BCUT2D eigenvalue weighted by molar-refractivity contribution is 7.92. The van der Waals surface area contributed by atoms with Gasteiger partial charge in [0, 0.05) is 6.54 Å². The Labute approximate surface area is 172 Å². The Kier molecular flexibility index (Phi) is 6.23. The SMILES string of the molecule is CCc1ccc(N(C(C)C(=O)NCc2cccc3ccccc23)S(C)(=O)=O)cc1. The third kappa shape index (κ3) is 4.77. The predicted molar refractivity (Wildman–Crippen MR) is 118 cm³/mol. The molecule has 0 spiro atoms. The minimum absolute atomic E-state index is 0.330. The molecule has 5 nitrogen and oxygen atoms in total. The van der Waals surface area contributed by atoms with Crippen molar-refractivity contribution in [3.05, 3.63) is 77.9 Å². The van der Waals surface area contributed by atoms with Crippen molar-refractivity contribution in [1.29, 1.82) is 0 Å². The summed E-state index contributed by atoms with van der Waals surface area (Å²) in [6.07, 6.45) is 1.98. The van der Waals surface area contributed by atoms with Gasteiger partial charge in [-0.25, -0.2) is 8.42 Å². The average Bonchev–Trinajstić information content (AvgIpc) is 2.71. The normalized spacial score (nSPS) is 12.5. The van der Waals surface area contributed by atoms with E-state index in [2.05, 4.69) is 5.32 Å². The van der Waals surface area contributed by atoms with Crippen molar-refractivity contribution in [3.63, 3.8) is 0 Å². The monoisotopic (exact) mass is 410 g/mol. The summed E-state index contributed by atoms with van der Waals surface area (Å²) >= 11 is 0. The first-order valence-corrected chi connectivity index (χ1v) is 11.5. The summed E-state index contributed by atoms with van der Waals surface area (Å²) in [6.45, 7) is 3.97. The van der Waals surface area contributed by atoms with Gasteiger partial charge in [-0.1, -0.05) is 61.5 Å². The highest BCUT2D eigenvalue weighted by atomic mass is 32.2. The van der Waals surface area contributed by atoms with E-state index in [-0.39, 0.29) is 5.91 Å². The molecule has 0 aliphatic rings. The first-order chi connectivity index (χ1) is 13.8. The van der Waals surface area contributed by atoms with Gasteiger partial charge >= 0.3 is 0 Å². The molecule has 3 aromatic carbocycles. The van der Waals surface area contributed by atoms with Gasteiger partial charge < -0.3 is 5.32 Å². The zero-order valence-electron chi connectivity index (χ0n) is 16.9. The average molecular weight is 411 g/mol. The number of nitrogens with one attached hydrogen (secondary N) is 1. The van der Waals surface area contributed by atoms with Crippen molar-refractivity contribution >= 4 is 32.4 Å². The fourth-order valence-electron chi connectivity index (χ4n) is 3.46. The fourth-order valence-corrected chi connectivity index (χ4v) is 4.64. The molecule has 1 amide bonds. The summed E-state index contributed by atoms with van der Waals surface area (Å²) < 4.78 is 26.0. The van der Waals surface area contributed by atoms with E-state index >= 15 is 0 Å². The minimum Gasteiger partial charge on any atom is -0.350 e. The van der Waals surface area contributed by atoms with E-state index in [1.54, 1.807) is 19.1 Å². The lowest BCUT2D eigenvalue weighted by Gasteiger charge is -2.28. The molecule has 1 atom stereocenters. The van der Waals surface area contributed by atoms with Gasteiger partial charge in [0.1, 0.15) is 6.04 Å². The summed E-state index contributed by atoms with van der Waals surface area (Å²) in [5.41, 5.74) is 2.58. The lowest BCUT2D eigenvalue weighted by Crippen LogP contribution is -2.47. The third-order valence-electron chi connectivity index (χ3n) is 5.02. The predicted octanol–water partition coefficient (Wildman–Crippen LogP) is 3.87. The first kappa shape index (κ1) is 20.9. The van der Waals surface area contributed by atoms with Crippen LogP contribution in [0.4, 0.5) is 5.69 Å². The van der Waals surface area contributed by atoms with Crippen LogP contribution in [0.1, 0.15) is 25.0 Å². The number of carbonyl (C=O) groups is 1. The Bertz CT molecular complexity index is 1100.